The van der Waals surface area contributed by atoms with Crippen molar-refractivity contribution < 1.29 is 4.74 Å². The number of benzene rings is 2. The highest BCUT2D eigenvalue weighted by Gasteiger charge is 1.93. The molecule has 0 aliphatic heterocycles. The summed E-state index contributed by atoms with van der Waals surface area (Å²) in [6.07, 6.45) is 2.25. The minimum atomic E-state index is 0.783. The second-order valence-corrected chi connectivity index (χ2v) is 5.25. The van der Waals surface area contributed by atoms with Crippen LogP contribution in [0.1, 0.15) is 25.3 Å². The van der Waals surface area contributed by atoms with Crippen LogP contribution in [-0.2, 0) is 0 Å². The molecule has 0 heterocycles. The van der Waals surface area contributed by atoms with E-state index in [0.29, 0.717) is 0 Å². The molecule has 2 aromatic carbocycles. The molecule has 0 saturated carbocycles. The third-order valence-corrected chi connectivity index (χ3v) is 3.44. The molecule has 1 nitrogen and oxygen atoms in total. The number of hydrogen-bond donors (Lipinski definition) is 0. The van der Waals surface area contributed by atoms with E-state index < -0.39 is 0 Å². The Morgan fingerprint density at radius 2 is 1.75 bits per heavy atom. The molecule has 0 bridgehead atoms. The molecule has 0 aromatic heterocycles. The summed E-state index contributed by atoms with van der Waals surface area (Å²) in [7, 11) is 0. The van der Waals surface area contributed by atoms with Crippen molar-refractivity contribution >= 4 is 11.8 Å². The van der Waals surface area contributed by atoms with Gasteiger partial charge < -0.3 is 4.74 Å². The summed E-state index contributed by atoms with van der Waals surface area (Å²) in [5.74, 6) is 4.06. The minimum absolute atomic E-state index is 0.783. The van der Waals surface area contributed by atoms with E-state index in [1.165, 1.54) is 4.90 Å². The van der Waals surface area contributed by atoms with Gasteiger partial charge in [-0.3, -0.25) is 0 Å². The molecule has 0 unspecified atom stereocenters. The molecule has 0 spiro atoms. The number of unbranched alkanes of at least 4 members (excludes halogenated alkanes) is 1. The highest BCUT2D eigenvalue weighted by Crippen LogP contribution is 2.16. The van der Waals surface area contributed by atoms with Gasteiger partial charge >= 0.3 is 0 Å². The van der Waals surface area contributed by atoms with E-state index in [-0.39, 0.29) is 0 Å². The molecule has 0 radical (unpaired) electrons. The largest absolute Gasteiger partial charge is 0.494 e. The normalized spacial score (nSPS) is 9.65. The molecule has 2 heteroatoms. The zero-order chi connectivity index (χ0) is 14.0. The predicted octanol–water partition coefficient (Wildman–Crippen LogP) is 4.97. The smallest absolute Gasteiger partial charge is 0.119 e. The summed E-state index contributed by atoms with van der Waals surface area (Å²) in [6.45, 7) is 2.94. The average Bonchev–Trinajstić information content (AvgIpc) is 2.50. The van der Waals surface area contributed by atoms with Gasteiger partial charge in [0.1, 0.15) is 5.75 Å². The van der Waals surface area contributed by atoms with Crippen molar-refractivity contribution in [3.63, 3.8) is 0 Å². The minimum Gasteiger partial charge on any atom is -0.494 e. The van der Waals surface area contributed by atoms with Gasteiger partial charge in [-0.15, -0.1) is 0 Å². The van der Waals surface area contributed by atoms with Gasteiger partial charge in [0.2, 0.25) is 0 Å². The fourth-order valence-electron chi connectivity index (χ4n) is 1.60. The highest BCUT2D eigenvalue weighted by atomic mass is 32.2. The highest BCUT2D eigenvalue weighted by molar-refractivity contribution is 8.03. The predicted molar refractivity (Wildman–Crippen MR) is 86.0 cm³/mol. The summed E-state index contributed by atoms with van der Waals surface area (Å²) in [4.78, 5) is 1.17. The quantitative estimate of drug-likeness (QED) is 0.435. The Balaban J connectivity index is 1.88. The molecule has 0 aliphatic rings. The SMILES string of the molecule is CCCCOc1ccc(C#CSc2ccccc2)cc1. The van der Waals surface area contributed by atoms with E-state index in [9.17, 15) is 0 Å². The van der Waals surface area contributed by atoms with Crippen LogP contribution in [0.4, 0.5) is 0 Å². The average molecular weight is 282 g/mol. The molecule has 0 aliphatic carbocycles. The molecule has 2 aromatic rings. The van der Waals surface area contributed by atoms with Crippen LogP contribution >= 0.6 is 11.8 Å². The van der Waals surface area contributed by atoms with Gasteiger partial charge in [0.05, 0.1) is 6.61 Å². The first-order valence-corrected chi connectivity index (χ1v) is 7.66. The van der Waals surface area contributed by atoms with E-state index >= 15 is 0 Å². The third kappa shape index (κ3) is 5.03. The first-order valence-electron chi connectivity index (χ1n) is 6.84. The molecular weight excluding hydrogens is 264 g/mol. The maximum Gasteiger partial charge on any atom is 0.119 e. The van der Waals surface area contributed by atoms with Crippen LogP contribution in [0.2, 0.25) is 0 Å². The Hall–Kier alpha value is -1.85. The fraction of sp³-hybridized carbons (Fsp3) is 0.222. The second kappa shape index (κ2) is 8.35. The summed E-state index contributed by atoms with van der Waals surface area (Å²) in [6, 6.07) is 18.1. The number of hydrogen-bond acceptors (Lipinski definition) is 2. The van der Waals surface area contributed by atoms with Crippen LogP contribution in [-0.4, -0.2) is 6.61 Å². The molecule has 0 atom stereocenters. The molecule has 0 N–H and O–H groups in total. The van der Waals surface area contributed by atoms with E-state index in [0.717, 1.165) is 30.8 Å². The molecule has 102 valence electrons. The Labute approximate surface area is 125 Å². The molecule has 2 rings (SSSR count). The fourth-order valence-corrected chi connectivity index (χ4v) is 2.18. The van der Waals surface area contributed by atoms with E-state index in [1.54, 1.807) is 11.8 Å². The van der Waals surface area contributed by atoms with E-state index in [4.69, 9.17) is 4.74 Å². The zero-order valence-corrected chi connectivity index (χ0v) is 12.5. The zero-order valence-electron chi connectivity index (χ0n) is 11.6. The summed E-state index contributed by atoms with van der Waals surface area (Å²) >= 11 is 1.54. The molecule has 0 amide bonds. The third-order valence-electron chi connectivity index (χ3n) is 2.73. The monoisotopic (exact) mass is 282 g/mol. The standard InChI is InChI=1S/C18H18OS/c1-2-3-14-19-17-11-9-16(10-12-17)13-15-20-18-7-5-4-6-8-18/h4-12H,2-3,14H2,1H3. The van der Waals surface area contributed by atoms with Crippen LogP contribution in [0.25, 0.3) is 0 Å². The van der Waals surface area contributed by atoms with Gasteiger partial charge in [-0.25, -0.2) is 0 Å². The lowest BCUT2D eigenvalue weighted by molar-refractivity contribution is 0.309. The molecule has 0 saturated heterocycles. The van der Waals surface area contributed by atoms with Crippen LogP contribution in [0.5, 0.6) is 5.75 Å². The van der Waals surface area contributed by atoms with E-state index in [1.807, 2.05) is 42.5 Å². The Bertz CT molecular complexity index is 564. The van der Waals surface area contributed by atoms with Crippen molar-refractivity contribution in [2.24, 2.45) is 0 Å². The lowest BCUT2D eigenvalue weighted by atomic mass is 10.2. The van der Waals surface area contributed by atoms with Gasteiger partial charge in [-0.05, 0) is 59.8 Å². The van der Waals surface area contributed by atoms with Crippen molar-refractivity contribution in [1.29, 1.82) is 0 Å². The first-order chi connectivity index (χ1) is 9.88. The van der Waals surface area contributed by atoms with Crippen molar-refractivity contribution in [1.82, 2.24) is 0 Å². The molecule has 0 fully saturated rings. The Morgan fingerprint density at radius 3 is 2.45 bits per heavy atom. The van der Waals surface area contributed by atoms with Crippen LogP contribution < -0.4 is 4.74 Å². The number of rotatable bonds is 5. The summed E-state index contributed by atoms with van der Waals surface area (Å²) < 4.78 is 5.62. The van der Waals surface area contributed by atoms with Gasteiger partial charge in [0.15, 0.2) is 0 Å². The van der Waals surface area contributed by atoms with Crippen molar-refractivity contribution in [2.45, 2.75) is 24.7 Å². The second-order valence-electron chi connectivity index (χ2n) is 4.37. The van der Waals surface area contributed by atoms with Crippen molar-refractivity contribution in [3.8, 4) is 16.9 Å². The lowest BCUT2D eigenvalue weighted by Gasteiger charge is -2.04. The van der Waals surface area contributed by atoms with Gasteiger partial charge in [-0.2, -0.15) is 0 Å². The summed E-state index contributed by atoms with van der Waals surface area (Å²) in [5.41, 5.74) is 1.01. The number of thioether (sulfide) groups is 1. The van der Waals surface area contributed by atoms with Crippen molar-refractivity contribution in [2.75, 3.05) is 6.61 Å². The van der Waals surface area contributed by atoms with Gasteiger partial charge in [0.25, 0.3) is 0 Å². The maximum atomic E-state index is 5.62. The van der Waals surface area contributed by atoms with Crippen LogP contribution in [0, 0.1) is 11.2 Å². The first kappa shape index (κ1) is 14.6. The van der Waals surface area contributed by atoms with Crippen LogP contribution in [0.15, 0.2) is 59.5 Å². The van der Waals surface area contributed by atoms with Gasteiger partial charge in [-0.1, -0.05) is 37.5 Å². The molecular formula is C18H18OS. The van der Waals surface area contributed by atoms with Crippen molar-refractivity contribution in [3.05, 3.63) is 60.2 Å². The molecule has 20 heavy (non-hydrogen) atoms. The number of ether oxygens (including phenoxy) is 1. The topological polar surface area (TPSA) is 9.23 Å². The Kier molecular flexibility index (Phi) is 6.07. The maximum absolute atomic E-state index is 5.62. The Morgan fingerprint density at radius 1 is 1.00 bits per heavy atom. The van der Waals surface area contributed by atoms with Gasteiger partial charge in [0, 0.05) is 10.5 Å². The summed E-state index contributed by atoms with van der Waals surface area (Å²) in [5, 5.41) is 3.12. The van der Waals surface area contributed by atoms with E-state index in [2.05, 4.69) is 30.2 Å². The van der Waals surface area contributed by atoms with Crippen LogP contribution in [0.3, 0.4) is 0 Å². The lowest BCUT2D eigenvalue weighted by Crippen LogP contribution is -1.95.